The van der Waals surface area contributed by atoms with Gasteiger partial charge < -0.3 is 14.3 Å². The Morgan fingerprint density at radius 3 is 2.70 bits per heavy atom. The van der Waals surface area contributed by atoms with Crippen LogP contribution in [0, 0.1) is 12.8 Å². The van der Waals surface area contributed by atoms with Gasteiger partial charge in [-0.2, -0.15) is 0 Å². The normalized spacial score (nSPS) is 19.0. The Balaban J connectivity index is 1.48. The summed E-state index contributed by atoms with van der Waals surface area (Å²) >= 11 is 0. The maximum atomic E-state index is 9.07. The summed E-state index contributed by atoms with van der Waals surface area (Å²) < 4.78 is 11.5. The van der Waals surface area contributed by atoms with Crippen LogP contribution in [0.1, 0.15) is 29.9 Å². The number of hydrogen-bond donors (Lipinski definition) is 1. The highest BCUT2D eigenvalue weighted by atomic mass is 16.5. The molecule has 0 radical (unpaired) electrons. The summed E-state index contributed by atoms with van der Waals surface area (Å²) in [4.78, 5) is 2.41. The van der Waals surface area contributed by atoms with Crippen LogP contribution < -0.4 is 4.74 Å². The quantitative estimate of drug-likeness (QED) is 0.888. The molecular weight excluding hydrogens is 290 g/mol. The Bertz CT molecular complexity index is 605. The number of hydrogen-bond acceptors (Lipinski definition) is 4. The van der Waals surface area contributed by atoms with Crippen LogP contribution in [0.15, 0.2) is 40.8 Å². The van der Waals surface area contributed by atoms with E-state index in [0.717, 1.165) is 37.8 Å². The summed E-state index contributed by atoms with van der Waals surface area (Å²) in [5, 5.41) is 9.07. The van der Waals surface area contributed by atoms with Gasteiger partial charge in [0.1, 0.15) is 23.9 Å². The van der Waals surface area contributed by atoms with Gasteiger partial charge in [0.15, 0.2) is 0 Å². The average Bonchev–Trinajstić information content (AvgIpc) is 3.02. The lowest BCUT2D eigenvalue weighted by molar-refractivity contribution is 0.117. The van der Waals surface area contributed by atoms with Crippen molar-refractivity contribution < 1.29 is 14.3 Å². The third-order valence-electron chi connectivity index (χ3n) is 4.36. The van der Waals surface area contributed by atoms with Crippen molar-refractivity contribution in [3.05, 3.63) is 53.5 Å². The van der Waals surface area contributed by atoms with E-state index in [1.54, 1.807) is 0 Å². The van der Waals surface area contributed by atoms with E-state index in [1.807, 2.05) is 24.3 Å². The highest BCUT2D eigenvalue weighted by Crippen LogP contribution is 2.21. The zero-order chi connectivity index (χ0) is 16.1. The van der Waals surface area contributed by atoms with Crippen LogP contribution in [0.4, 0.5) is 0 Å². The fraction of sp³-hybridized carbons (Fsp3) is 0.474. The number of ether oxygens (including phenoxy) is 1. The van der Waals surface area contributed by atoms with Gasteiger partial charge in [0.2, 0.25) is 0 Å². The van der Waals surface area contributed by atoms with Gasteiger partial charge in [-0.15, -0.1) is 0 Å². The molecule has 1 fully saturated rings. The van der Waals surface area contributed by atoms with E-state index in [9.17, 15) is 0 Å². The van der Waals surface area contributed by atoms with Crippen molar-refractivity contribution in [1.29, 1.82) is 0 Å². The minimum atomic E-state index is -0.0347. The smallest absolute Gasteiger partial charge is 0.129 e. The van der Waals surface area contributed by atoms with Gasteiger partial charge >= 0.3 is 0 Å². The predicted molar refractivity (Wildman–Crippen MR) is 89.3 cm³/mol. The van der Waals surface area contributed by atoms with Crippen molar-refractivity contribution in [3.63, 3.8) is 0 Å². The van der Waals surface area contributed by atoms with E-state index < -0.39 is 0 Å². The molecule has 4 heteroatoms. The summed E-state index contributed by atoms with van der Waals surface area (Å²) in [6.07, 6.45) is 2.40. The first-order chi connectivity index (χ1) is 11.2. The molecule has 0 amide bonds. The SMILES string of the molecule is Cc1ccc(OC[C@H]2CCCN(Cc3ccc(CO)o3)C2)cc1. The molecule has 1 atom stereocenters. The Morgan fingerprint density at radius 2 is 1.96 bits per heavy atom. The van der Waals surface area contributed by atoms with Gasteiger partial charge in [0.05, 0.1) is 13.2 Å². The molecule has 3 rings (SSSR count). The summed E-state index contributed by atoms with van der Waals surface area (Å²) in [6, 6.07) is 12.0. The molecule has 0 aliphatic carbocycles. The fourth-order valence-electron chi connectivity index (χ4n) is 3.09. The highest BCUT2D eigenvalue weighted by Gasteiger charge is 2.21. The first-order valence-electron chi connectivity index (χ1n) is 8.33. The minimum Gasteiger partial charge on any atom is -0.493 e. The number of furan rings is 1. The Morgan fingerprint density at radius 1 is 1.17 bits per heavy atom. The Kier molecular flexibility index (Phi) is 5.36. The molecule has 1 aromatic carbocycles. The molecule has 2 aromatic rings. The molecule has 1 aromatic heterocycles. The second-order valence-corrected chi connectivity index (χ2v) is 6.39. The maximum absolute atomic E-state index is 9.07. The topological polar surface area (TPSA) is 45.8 Å². The summed E-state index contributed by atoms with van der Waals surface area (Å²) in [5.41, 5.74) is 1.25. The zero-order valence-corrected chi connectivity index (χ0v) is 13.7. The second-order valence-electron chi connectivity index (χ2n) is 6.39. The van der Waals surface area contributed by atoms with Crippen LogP contribution in [0.2, 0.25) is 0 Å². The predicted octanol–water partition coefficient (Wildman–Crippen LogP) is 3.37. The zero-order valence-electron chi connectivity index (χ0n) is 13.7. The van der Waals surface area contributed by atoms with Crippen molar-refractivity contribution in [3.8, 4) is 5.75 Å². The highest BCUT2D eigenvalue weighted by molar-refractivity contribution is 5.26. The maximum Gasteiger partial charge on any atom is 0.129 e. The lowest BCUT2D eigenvalue weighted by atomic mass is 9.99. The van der Waals surface area contributed by atoms with Crippen molar-refractivity contribution in [2.45, 2.75) is 32.9 Å². The number of aliphatic hydroxyl groups excluding tert-OH is 1. The van der Waals surface area contributed by atoms with Gasteiger partial charge in [0, 0.05) is 12.5 Å². The first-order valence-corrected chi connectivity index (χ1v) is 8.33. The molecule has 0 spiro atoms. The van der Waals surface area contributed by atoms with Gasteiger partial charge in [-0.25, -0.2) is 0 Å². The Hall–Kier alpha value is -1.78. The lowest BCUT2D eigenvalue weighted by Crippen LogP contribution is -2.37. The lowest BCUT2D eigenvalue weighted by Gasteiger charge is -2.32. The van der Waals surface area contributed by atoms with Crippen molar-refractivity contribution in [2.75, 3.05) is 19.7 Å². The molecule has 1 aliphatic heterocycles. The van der Waals surface area contributed by atoms with Crippen LogP contribution >= 0.6 is 0 Å². The molecule has 1 aliphatic rings. The molecular formula is C19H25NO3. The van der Waals surface area contributed by atoms with Gasteiger partial charge in [0.25, 0.3) is 0 Å². The third kappa shape index (κ3) is 4.60. The van der Waals surface area contributed by atoms with Crippen LogP contribution in [0.5, 0.6) is 5.75 Å². The van der Waals surface area contributed by atoms with Crippen LogP contribution in [0.25, 0.3) is 0 Å². The van der Waals surface area contributed by atoms with Crippen molar-refractivity contribution in [1.82, 2.24) is 4.90 Å². The van der Waals surface area contributed by atoms with E-state index in [1.165, 1.54) is 18.4 Å². The van der Waals surface area contributed by atoms with E-state index in [0.29, 0.717) is 11.7 Å². The van der Waals surface area contributed by atoms with Crippen molar-refractivity contribution >= 4 is 0 Å². The van der Waals surface area contributed by atoms with Crippen LogP contribution in [0.3, 0.4) is 0 Å². The number of aryl methyl sites for hydroxylation is 1. The Labute approximate surface area is 137 Å². The monoisotopic (exact) mass is 315 g/mol. The summed E-state index contributed by atoms with van der Waals surface area (Å²) in [6.45, 7) is 5.74. The van der Waals surface area contributed by atoms with Crippen LogP contribution in [-0.4, -0.2) is 29.7 Å². The standard InChI is InChI=1S/C19H25NO3/c1-15-4-6-17(7-5-15)22-14-16-3-2-10-20(11-16)12-18-8-9-19(13-21)23-18/h4-9,16,21H,2-3,10-14H2,1H3/t16-/m0/s1. The largest absolute Gasteiger partial charge is 0.493 e. The fourth-order valence-corrected chi connectivity index (χ4v) is 3.09. The number of rotatable bonds is 6. The number of aliphatic hydroxyl groups is 1. The molecule has 124 valence electrons. The van der Waals surface area contributed by atoms with E-state index in [-0.39, 0.29) is 6.61 Å². The molecule has 0 bridgehead atoms. The minimum absolute atomic E-state index is 0.0347. The summed E-state index contributed by atoms with van der Waals surface area (Å²) in [5.74, 6) is 3.06. The number of benzene rings is 1. The molecule has 4 nitrogen and oxygen atoms in total. The van der Waals surface area contributed by atoms with Gasteiger partial charge in [-0.1, -0.05) is 17.7 Å². The molecule has 2 heterocycles. The second kappa shape index (κ2) is 7.66. The average molecular weight is 315 g/mol. The summed E-state index contributed by atoms with van der Waals surface area (Å²) in [7, 11) is 0. The van der Waals surface area contributed by atoms with Gasteiger partial charge in [-0.05, 0) is 50.6 Å². The third-order valence-corrected chi connectivity index (χ3v) is 4.36. The number of nitrogens with zero attached hydrogens (tertiary/aromatic N) is 1. The van der Waals surface area contributed by atoms with E-state index in [4.69, 9.17) is 14.3 Å². The van der Waals surface area contributed by atoms with Crippen LogP contribution in [-0.2, 0) is 13.2 Å². The molecule has 0 unspecified atom stereocenters. The van der Waals surface area contributed by atoms with E-state index >= 15 is 0 Å². The van der Waals surface area contributed by atoms with Crippen molar-refractivity contribution in [2.24, 2.45) is 5.92 Å². The van der Waals surface area contributed by atoms with Gasteiger partial charge in [-0.3, -0.25) is 4.90 Å². The number of piperidine rings is 1. The van der Waals surface area contributed by atoms with E-state index in [2.05, 4.69) is 24.0 Å². The first kappa shape index (κ1) is 16.1. The molecule has 1 N–H and O–H groups in total. The number of likely N-dealkylation sites (tertiary alicyclic amines) is 1. The molecule has 23 heavy (non-hydrogen) atoms. The molecule has 0 saturated carbocycles. The molecule has 1 saturated heterocycles.